The maximum Gasteiger partial charge on any atom is 0.243 e. The van der Waals surface area contributed by atoms with E-state index in [-0.39, 0.29) is 16.9 Å². The van der Waals surface area contributed by atoms with Gasteiger partial charge < -0.3 is 10.8 Å². The van der Waals surface area contributed by atoms with Gasteiger partial charge in [-0.2, -0.15) is 4.31 Å². The number of aryl methyl sites for hydroxylation is 1. The summed E-state index contributed by atoms with van der Waals surface area (Å²) in [5.74, 6) is 0.383. The number of anilines is 1. The Morgan fingerprint density at radius 3 is 2.71 bits per heavy atom. The first-order valence-corrected chi connectivity index (χ1v) is 8.94. The number of sulfonamides is 1. The van der Waals surface area contributed by atoms with Crippen molar-refractivity contribution in [2.75, 3.05) is 18.8 Å². The van der Waals surface area contributed by atoms with E-state index in [2.05, 4.69) is 0 Å². The first-order valence-electron chi connectivity index (χ1n) is 7.50. The van der Waals surface area contributed by atoms with Crippen molar-refractivity contribution >= 4 is 15.7 Å². The summed E-state index contributed by atoms with van der Waals surface area (Å²) in [6.45, 7) is 2.92. The molecule has 0 bridgehead atoms. The molecule has 1 heterocycles. The van der Waals surface area contributed by atoms with Crippen LogP contribution in [0.25, 0.3) is 0 Å². The fourth-order valence-electron chi connectivity index (χ4n) is 3.60. The highest BCUT2D eigenvalue weighted by molar-refractivity contribution is 7.89. The van der Waals surface area contributed by atoms with E-state index in [1.54, 1.807) is 18.2 Å². The maximum atomic E-state index is 12.7. The van der Waals surface area contributed by atoms with Crippen LogP contribution in [0.5, 0.6) is 0 Å². The third-order valence-electron chi connectivity index (χ3n) is 4.92. The number of fused-ring (bicyclic) bond motifs is 1. The van der Waals surface area contributed by atoms with Crippen LogP contribution in [0.2, 0.25) is 0 Å². The summed E-state index contributed by atoms with van der Waals surface area (Å²) in [6.07, 6.45) is 2.13. The van der Waals surface area contributed by atoms with Crippen LogP contribution in [0.15, 0.2) is 23.1 Å². The number of hydrogen-bond donors (Lipinski definition) is 2. The van der Waals surface area contributed by atoms with E-state index in [0.717, 1.165) is 24.8 Å². The largest absolute Gasteiger partial charge is 0.398 e. The van der Waals surface area contributed by atoms with Crippen molar-refractivity contribution in [1.29, 1.82) is 0 Å². The van der Waals surface area contributed by atoms with Crippen LogP contribution >= 0.6 is 0 Å². The van der Waals surface area contributed by atoms with Gasteiger partial charge in [0.2, 0.25) is 10.0 Å². The molecule has 2 fully saturated rings. The number of benzene rings is 1. The molecule has 0 radical (unpaired) electrons. The molecule has 3 rings (SSSR count). The fraction of sp³-hybridized carbons (Fsp3) is 0.600. The zero-order valence-corrected chi connectivity index (χ0v) is 13.0. The van der Waals surface area contributed by atoms with Crippen LogP contribution < -0.4 is 5.73 Å². The Labute approximate surface area is 125 Å². The number of hydrogen-bond acceptors (Lipinski definition) is 4. The standard InChI is InChI=1S/C15H22N2O3S/c1-2-10-3-5-12(7-14(10)16)21(19,20)17-8-11-4-6-15(18)13(11)9-17/h3,5,7,11,13,15,18H,2,4,6,8-9,16H2,1H3. The van der Waals surface area contributed by atoms with Crippen molar-refractivity contribution in [2.24, 2.45) is 11.8 Å². The molecule has 0 aromatic heterocycles. The van der Waals surface area contributed by atoms with Crippen molar-refractivity contribution in [3.8, 4) is 0 Å². The van der Waals surface area contributed by atoms with E-state index < -0.39 is 10.0 Å². The monoisotopic (exact) mass is 310 g/mol. The van der Waals surface area contributed by atoms with Gasteiger partial charge in [0, 0.05) is 24.7 Å². The normalized spacial score (nSPS) is 29.7. The quantitative estimate of drug-likeness (QED) is 0.822. The Kier molecular flexibility index (Phi) is 3.71. The Morgan fingerprint density at radius 2 is 2.10 bits per heavy atom. The molecule has 3 N–H and O–H groups in total. The van der Waals surface area contributed by atoms with E-state index in [1.165, 1.54) is 4.31 Å². The molecule has 6 heteroatoms. The highest BCUT2D eigenvalue weighted by Crippen LogP contribution is 2.40. The summed E-state index contributed by atoms with van der Waals surface area (Å²) >= 11 is 0. The molecular formula is C15H22N2O3S. The van der Waals surface area contributed by atoms with Gasteiger partial charge in [0.25, 0.3) is 0 Å². The van der Waals surface area contributed by atoms with Gasteiger partial charge in [-0.05, 0) is 42.9 Å². The van der Waals surface area contributed by atoms with Gasteiger partial charge in [0.05, 0.1) is 11.0 Å². The van der Waals surface area contributed by atoms with E-state index in [9.17, 15) is 13.5 Å². The highest BCUT2D eigenvalue weighted by atomic mass is 32.2. The molecule has 1 saturated carbocycles. The predicted molar refractivity (Wildman–Crippen MR) is 81.2 cm³/mol. The third kappa shape index (κ3) is 2.45. The van der Waals surface area contributed by atoms with Crippen LogP contribution in [0.3, 0.4) is 0 Å². The number of nitrogens with two attached hydrogens (primary N) is 1. The van der Waals surface area contributed by atoms with Crippen LogP contribution in [0, 0.1) is 11.8 Å². The van der Waals surface area contributed by atoms with Gasteiger partial charge in [-0.15, -0.1) is 0 Å². The number of nitrogens with zero attached hydrogens (tertiary/aromatic N) is 1. The highest BCUT2D eigenvalue weighted by Gasteiger charge is 2.45. The molecule has 1 aromatic rings. The van der Waals surface area contributed by atoms with Gasteiger partial charge >= 0.3 is 0 Å². The van der Waals surface area contributed by atoms with Gasteiger partial charge in [-0.25, -0.2) is 8.42 Å². The molecule has 1 aromatic carbocycles. The van der Waals surface area contributed by atoms with E-state index in [0.29, 0.717) is 24.7 Å². The molecule has 3 unspecified atom stereocenters. The molecule has 3 atom stereocenters. The molecule has 1 aliphatic heterocycles. The molecule has 21 heavy (non-hydrogen) atoms. The Balaban J connectivity index is 1.86. The minimum atomic E-state index is -3.51. The van der Waals surface area contributed by atoms with Crippen LogP contribution in [0.1, 0.15) is 25.3 Å². The summed E-state index contributed by atoms with van der Waals surface area (Å²) < 4.78 is 26.9. The summed E-state index contributed by atoms with van der Waals surface area (Å²) in [5, 5.41) is 9.92. The topological polar surface area (TPSA) is 83.6 Å². The lowest BCUT2D eigenvalue weighted by atomic mass is 10.00. The summed E-state index contributed by atoms with van der Waals surface area (Å²) in [7, 11) is -3.51. The average Bonchev–Trinajstić information content (AvgIpc) is 3.02. The second-order valence-electron chi connectivity index (χ2n) is 6.10. The fourth-order valence-corrected chi connectivity index (χ4v) is 5.17. The SMILES string of the molecule is CCc1ccc(S(=O)(=O)N2CC3CCC(O)C3C2)cc1N. The first-order chi connectivity index (χ1) is 9.93. The first kappa shape index (κ1) is 14.8. The average molecular weight is 310 g/mol. The van der Waals surface area contributed by atoms with E-state index >= 15 is 0 Å². The molecular weight excluding hydrogens is 288 g/mol. The number of rotatable bonds is 3. The lowest BCUT2D eigenvalue weighted by Crippen LogP contribution is -2.31. The molecule has 5 nitrogen and oxygen atoms in total. The summed E-state index contributed by atoms with van der Waals surface area (Å²) in [4.78, 5) is 0.256. The lowest BCUT2D eigenvalue weighted by Gasteiger charge is -2.19. The van der Waals surface area contributed by atoms with Gasteiger partial charge in [-0.3, -0.25) is 0 Å². The predicted octanol–water partition coefficient (Wildman–Crippen LogP) is 1.22. The number of aliphatic hydroxyl groups excluding tert-OH is 1. The molecule has 2 aliphatic rings. The molecule has 1 aliphatic carbocycles. The van der Waals surface area contributed by atoms with E-state index in [4.69, 9.17) is 5.73 Å². The summed E-state index contributed by atoms with van der Waals surface area (Å²) in [6, 6.07) is 4.97. The van der Waals surface area contributed by atoms with Crippen LogP contribution in [-0.2, 0) is 16.4 Å². The Morgan fingerprint density at radius 1 is 1.33 bits per heavy atom. The van der Waals surface area contributed by atoms with Crippen molar-refractivity contribution < 1.29 is 13.5 Å². The summed E-state index contributed by atoms with van der Waals surface area (Å²) in [5.41, 5.74) is 7.41. The second kappa shape index (κ2) is 5.26. The Hall–Kier alpha value is -1.11. The lowest BCUT2D eigenvalue weighted by molar-refractivity contribution is 0.129. The smallest absolute Gasteiger partial charge is 0.243 e. The minimum absolute atomic E-state index is 0.0898. The zero-order chi connectivity index (χ0) is 15.2. The van der Waals surface area contributed by atoms with Gasteiger partial charge in [0.1, 0.15) is 0 Å². The van der Waals surface area contributed by atoms with Gasteiger partial charge in [0.15, 0.2) is 0 Å². The minimum Gasteiger partial charge on any atom is -0.398 e. The molecule has 0 amide bonds. The maximum absolute atomic E-state index is 12.7. The van der Waals surface area contributed by atoms with Crippen molar-refractivity contribution in [1.82, 2.24) is 4.31 Å². The number of nitrogen functional groups attached to an aromatic ring is 1. The zero-order valence-electron chi connectivity index (χ0n) is 12.2. The number of aliphatic hydroxyl groups is 1. The Bertz CT molecular complexity index is 644. The van der Waals surface area contributed by atoms with E-state index in [1.807, 2.05) is 6.92 Å². The second-order valence-corrected chi connectivity index (χ2v) is 8.04. The third-order valence-corrected chi connectivity index (χ3v) is 6.75. The van der Waals surface area contributed by atoms with Crippen LogP contribution in [-0.4, -0.2) is 37.0 Å². The van der Waals surface area contributed by atoms with Crippen molar-refractivity contribution in [2.45, 2.75) is 37.2 Å². The molecule has 0 spiro atoms. The van der Waals surface area contributed by atoms with Crippen molar-refractivity contribution in [3.63, 3.8) is 0 Å². The van der Waals surface area contributed by atoms with Gasteiger partial charge in [-0.1, -0.05) is 13.0 Å². The van der Waals surface area contributed by atoms with Crippen LogP contribution in [0.4, 0.5) is 5.69 Å². The molecule has 1 saturated heterocycles. The van der Waals surface area contributed by atoms with Crippen molar-refractivity contribution in [3.05, 3.63) is 23.8 Å². The molecule has 116 valence electrons.